The van der Waals surface area contributed by atoms with Crippen molar-refractivity contribution < 1.29 is 4.79 Å². The second-order valence-electron chi connectivity index (χ2n) is 6.17. The lowest BCUT2D eigenvalue weighted by Crippen LogP contribution is -2.37. The monoisotopic (exact) mass is 340 g/mol. The Kier molecular flexibility index (Phi) is 6.06. The van der Waals surface area contributed by atoms with Crippen molar-refractivity contribution in [2.75, 3.05) is 18.8 Å². The Labute approximate surface area is 130 Å². The summed E-state index contributed by atoms with van der Waals surface area (Å²) >= 11 is 3.42. The zero-order chi connectivity index (χ0) is 15.4. The number of nitrogens with two attached hydrogens (primary N) is 1. The molecule has 2 N–H and O–H groups in total. The number of rotatable bonds is 5. The Morgan fingerprint density at radius 2 is 1.70 bits per heavy atom. The summed E-state index contributed by atoms with van der Waals surface area (Å²) in [5.74, 6) is 0.961. The summed E-state index contributed by atoms with van der Waals surface area (Å²) in [6.45, 7) is 11.9. The highest BCUT2D eigenvalue weighted by atomic mass is 79.9. The molecular formula is C16H25BrN2O. The Morgan fingerprint density at radius 1 is 1.20 bits per heavy atom. The highest BCUT2D eigenvalue weighted by molar-refractivity contribution is 9.10. The number of anilines is 1. The number of amides is 1. The molecule has 3 nitrogen and oxygen atoms in total. The van der Waals surface area contributed by atoms with Crippen molar-refractivity contribution in [1.82, 2.24) is 4.90 Å². The van der Waals surface area contributed by atoms with Crippen molar-refractivity contribution in [2.45, 2.75) is 34.6 Å². The van der Waals surface area contributed by atoms with E-state index in [2.05, 4.69) is 43.6 Å². The molecule has 0 spiro atoms. The lowest BCUT2D eigenvalue weighted by atomic mass is 10.0. The van der Waals surface area contributed by atoms with Gasteiger partial charge in [-0.3, -0.25) is 4.79 Å². The van der Waals surface area contributed by atoms with Gasteiger partial charge in [-0.15, -0.1) is 0 Å². The number of hydrogen-bond donors (Lipinski definition) is 1. The maximum absolute atomic E-state index is 12.8. The quantitative estimate of drug-likeness (QED) is 0.820. The van der Waals surface area contributed by atoms with Gasteiger partial charge in [0.05, 0.1) is 0 Å². The molecule has 1 amide bonds. The molecule has 0 aliphatic carbocycles. The molecule has 112 valence electrons. The lowest BCUT2D eigenvalue weighted by Gasteiger charge is -2.27. The van der Waals surface area contributed by atoms with Gasteiger partial charge in [0.1, 0.15) is 0 Å². The summed E-state index contributed by atoms with van der Waals surface area (Å²) in [4.78, 5) is 14.7. The molecule has 20 heavy (non-hydrogen) atoms. The molecule has 1 rings (SSSR count). The summed E-state index contributed by atoms with van der Waals surface area (Å²) in [6.07, 6.45) is 0. The summed E-state index contributed by atoms with van der Waals surface area (Å²) in [7, 11) is 0. The van der Waals surface area contributed by atoms with Crippen molar-refractivity contribution in [3.05, 3.63) is 27.7 Å². The Morgan fingerprint density at radius 3 is 2.15 bits per heavy atom. The molecule has 0 bridgehead atoms. The molecule has 0 radical (unpaired) electrons. The predicted octanol–water partition coefficient (Wildman–Crippen LogP) is 4.09. The van der Waals surface area contributed by atoms with Gasteiger partial charge in [0.25, 0.3) is 5.91 Å². The Hall–Kier alpha value is -1.03. The Bertz CT molecular complexity index is 474. The van der Waals surface area contributed by atoms with Crippen LogP contribution in [-0.2, 0) is 0 Å². The van der Waals surface area contributed by atoms with Crippen LogP contribution >= 0.6 is 15.9 Å². The normalized spacial score (nSPS) is 11.2. The first-order valence-electron chi connectivity index (χ1n) is 7.07. The average molecular weight is 341 g/mol. The van der Waals surface area contributed by atoms with Gasteiger partial charge in [-0.25, -0.2) is 0 Å². The third kappa shape index (κ3) is 4.51. The van der Waals surface area contributed by atoms with E-state index in [-0.39, 0.29) is 5.91 Å². The summed E-state index contributed by atoms with van der Waals surface area (Å²) in [5, 5.41) is 0. The zero-order valence-corrected chi connectivity index (χ0v) is 14.6. The molecule has 0 aliphatic heterocycles. The SMILES string of the molecule is Cc1c(N)cc(Br)cc1C(=O)N(CC(C)C)CC(C)C. The number of benzene rings is 1. The van der Waals surface area contributed by atoms with Gasteiger partial charge in [-0.1, -0.05) is 43.6 Å². The first-order chi connectivity index (χ1) is 9.22. The zero-order valence-electron chi connectivity index (χ0n) is 13.0. The molecule has 0 atom stereocenters. The maximum atomic E-state index is 12.8. The van der Waals surface area contributed by atoms with Gasteiger partial charge < -0.3 is 10.6 Å². The highest BCUT2D eigenvalue weighted by Gasteiger charge is 2.20. The van der Waals surface area contributed by atoms with Crippen molar-refractivity contribution in [3.63, 3.8) is 0 Å². The van der Waals surface area contributed by atoms with Crippen LogP contribution in [0.15, 0.2) is 16.6 Å². The first kappa shape index (κ1) is 17.0. The molecule has 0 aromatic heterocycles. The predicted molar refractivity (Wildman–Crippen MR) is 88.9 cm³/mol. The van der Waals surface area contributed by atoms with E-state index in [0.29, 0.717) is 23.1 Å². The van der Waals surface area contributed by atoms with Gasteiger partial charge >= 0.3 is 0 Å². The molecule has 0 saturated carbocycles. The van der Waals surface area contributed by atoms with Gasteiger partial charge in [0.15, 0.2) is 0 Å². The Balaban J connectivity index is 3.11. The second kappa shape index (κ2) is 7.11. The summed E-state index contributed by atoms with van der Waals surface area (Å²) in [5.41, 5.74) is 8.16. The standard InChI is InChI=1S/C16H25BrN2O/c1-10(2)8-19(9-11(3)4)16(20)14-6-13(17)7-15(18)12(14)5/h6-7,10-11H,8-9,18H2,1-5H3. The van der Waals surface area contributed by atoms with Crippen LogP contribution in [0.2, 0.25) is 0 Å². The van der Waals surface area contributed by atoms with E-state index in [1.54, 1.807) is 0 Å². The van der Waals surface area contributed by atoms with Gasteiger partial charge in [-0.2, -0.15) is 0 Å². The van der Waals surface area contributed by atoms with Crippen molar-refractivity contribution in [2.24, 2.45) is 11.8 Å². The lowest BCUT2D eigenvalue weighted by molar-refractivity contribution is 0.0714. The van der Waals surface area contributed by atoms with E-state index in [1.807, 2.05) is 24.0 Å². The van der Waals surface area contributed by atoms with E-state index in [4.69, 9.17) is 5.73 Å². The fourth-order valence-corrected chi connectivity index (χ4v) is 2.69. The molecule has 1 aromatic rings. The van der Waals surface area contributed by atoms with Crippen LogP contribution in [0.25, 0.3) is 0 Å². The molecule has 0 aliphatic rings. The number of nitrogens with zero attached hydrogens (tertiary/aromatic N) is 1. The maximum Gasteiger partial charge on any atom is 0.254 e. The van der Waals surface area contributed by atoms with Crippen LogP contribution in [0.4, 0.5) is 5.69 Å². The molecule has 0 fully saturated rings. The molecule has 0 unspecified atom stereocenters. The molecule has 0 heterocycles. The third-order valence-corrected chi connectivity index (χ3v) is 3.56. The van der Waals surface area contributed by atoms with E-state index in [1.165, 1.54) is 0 Å². The summed E-state index contributed by atoms with van der Waals surface area (Å²) in [6, 6.07) is 3.70. The minimum absolute atomic E-state index is 0.0675. The smallest absolute Gasteiger partial charge is 0.254 e. The number of hydrogen-bond acceptors (Lipinski definition) is 2. The van der Waals surface area contributed by atoms with E-state index >= 15 is 0 Å². The minimum Gasteiger partial charge on any atom is -0.398 e. The van der Waals surface area contributed by atoms with Crippen LogP contribution in [-0.4, -0.2) is 23.9 Å². The first-order valence-corrected chi connectivity index (χ1v) is 7.86. The molecular weight excluding hydrogens is 316 g/mol. The van der Waals surface area contributed by atoms with Crippen molar-refractivity contribution >= 4 is 27.5 Å². The van der Waals surface area contributed by atoms with Crippen LogP contribution in [0.5, 0.6) is 0 Å². The van der Waals surface area contributed by atoms with Gasteiger partial charge in [0.2, 0.25) is 0 Å². The fraction of sp³-hybridized carbons (Fsp3) is 0.562. The second-order valence-corrected chi connectivity index (χ2v) is 7.08. The van der Waals surface area contributed by atoms with Crippen LogP contribution in [0.3, 0.4) is 0 Å². The molecule has 4 heteroatoms. The topological polar surface area (TPSA) is 46.3 Å². The van der Waals surface area contributed by atoms with E-state index < -0.39 is 0 Å². The van der Waals surface area contributed by atoms with Crippen molar-refractivity contribution in [3.8, 4) is 0 Å². The van der Waals surface area contributed by atoms with Crippen molar-refractivity contribution in [1.29, 1.82) is 0 Å². The van der Waals surface area contributed by atoms with E-state index in [9.17, 15) is 4.79 Å². The number of nitrogen functional groups attached to an aromatic ring is 1. The van der Waals surface area contributed by atoms with E-state index in [0.717, 1.165) is 23.1 Å². The molecule has 1 aromatic carbocycles. The average Bonchev–Trinajstić information content (AvgIpc) is 2.30. The third-order valence-electron chi connectivity index (χ3n) is 3.10. The molecule has 0 saturated heterocycles. The number of carbonyl (C=O) groups is 1. The minimum atomic E-state index is 0.0675. The van der Waals surface area contributed by atoms with Crippen LogP contribution < -0.4 is 5.73 Å². The number of halogens is 1. The van der Waals surface area contributed by atoms with Gasteiger partial charge in [0, 0.05) is 28.8 Å². The highest BCUT2D eigenvalue weighted by Crippen LogP contribution is 2.24. The largest absolute Gasteiger partial charge is 0.398 e. The number of carbonyl (C=O) groups excluding carboxylic acids is 1. The fourth-order valence-electron chi connectivity index (χ4n) is 2.21. The van der Waals surface area contributed by atoms with Crippen LogP contribution in [0.1, 0.15) is 43.6 Å². The summed E-state index contributed by atoms with van der Waals surface area (Å²) < 4.78 is 0.845. The van der Waals surface area contributed by atoms with Crippen LogP contribution in [0, 0.1) is 18.8 Å². The van der Waals surface area contributed by atoms with Gasteiger partial charge in [-0.05, 0) is 36.5 Å².